The Morgan fingerprint density at radius 3 is 2.85 bits per heavy atom. The zero-order valence-electron chi connectivity index (χ0n) is 11.1. The maximum absolute atomic E-state index is 11.2. The third-order valence-electron chi connectivity index (χ3n) is 3.43. The summed E-state index contributed by atoms with van der Waals surface area (Å²) in [6.07, 6.45) is 1.53. The van der Waals surface area contributed by atoms with Gasteiger partial charge in [0, 0.05) is 15.3 Å². The molecule has 0 amide bonds. The molecular weight excluding hydrogens is 290 g/mol. The van der Waals surface area contributed by atoms with E-state index in [2.05, 4.69) is 36.2 Å². The molecule has 1 heterocycles. The first kappa shape index (κ1) is 13.6. The fourth-order valence-corrected chi connectivity index (χ4v) is 4.26. The van der Waals surface area contributed by atoms with Crippen LogP contribution < -0.4 is 0 Å². The second-order valence-corrected chi connectivity index (χ2v) is 7.14. The van der Waals surface area contributed by atoms with Gasteiger partial charge >= 0.3 is 5.97 Å². The molecule has 1 unspecified atom stereocenters. The van der Waals surface area contributed by atoms with Crippen molar-refractivity contribution in [2.24, 2.45) is 0 Å². The molecule has 3 nitrogen and oxygen atoms in total. The van der Waals surface area contributed by atoms with Crippen molar-refractivity contribution in [3.8, 4) is 10.6 Å². The number of fused-ring (bicyclic) bond motifs is 1. The predicted molar refractivity (Wildman–Crippen MR) is 82.6 cm³/mol. The fourth-order valence-electron chi connectivity index (χ4n) is 2.45. The molecule has 1 aliphatic rings. The molecule has 5 heteroatoms. The molecule has 1 aromatic heterocycles. The van der Waals surface area contributed by atoms with E-state index >= 15 is 0 Å². The van der Waals surface area contributed by atoms with E-state index in [0.29, 0.717) is 6.42 Å². The van der Waals surface area contributed by atoms with E-state index < -0.39 is 11.9 Å². The highest BCUT2D eigenvalue weighted by Gasteiger charge is 2.32. The minimum atomic E-state index is -0.754. The van der Waals surface area contributed by atoms with Gasteiger partial charge in [0.1, 0.15) is 10.9 Å². The van der Waals surface area contributed by atoms with Crippen LogP contribution in [-0.2, 0) is 11.2 Å². The summed E-state index contributed by atoms with van der Waals surface area (Å²) >= 11 is 3.45. The van der Waals surface area contributed by atoms with Gasteiger partial charge in [0.05, 0.1) is 5.69 Å². The first-order valence-electron chi connectivity index (χ1n) is 6.64. The van der Waals surface area contributed by atoms with Gasteiger partial charge in [-0.25, -0.2) is 4.98 Å². The van der Waals surface area contributed by atoms with Crippen LogP contribution in [0.15, 0.2) is 29.2 Å². The van der Waals surface area contributed by atoms with Crippen LogP contribution in [0.4, 0.5) is 0 Å². The van der Waals surface area contributed by atoms with Crippen LogP contribution in [0.5, 0.6) is 0 Å². The largest absolute Gasteiger partial charge is 0.481 e. The normalized spacial score (nSPS) is 17.1. The van der Waals surface area contributed by atoms with Crippen molar-refractivity contribution in [2.75, 3.05) is 5.75 Å². The maximum atomic E-state index is 11.2. The number of aliphatic carboxylic acids is 1. The van der Waals surface area contributed by atoms with Gasteiger partial charge in [-0.1, -0.05) is 19.1 Å². The number of hydrogen-bond acceptors (Lipinski definition) is 4. The highest BCUT2D eigenvalue weighted by molar-refractivity contribution is 7.99. The van der Waals surface area contributed by atoms with E-state index in [-0.39, 0.29) is 0 Å². The molecule has 0 aliphatic heterocycles. The van der Waals surface area contributed by atoms with E-state index in [0.717, 1.165) is 33.3 Å². The number of carboxylic acid groups (broad SMARTS) is 1. The van der Waals surface area contributed by atoms with Gasteiger partial charge in [0.15, 0.2) is 0 Å². The Kier molecular flexibility index (Phi) is 3.81. The van der Waals surface area contributed by atoms with E-state index in [1.54, 1.807) is 11.3 Å². The Morgan fingerprint density at radius 1 is 1.45 bits per heavy atom. The fraction of sp³-hybridized carbons (Fsp3) is 0.333. The monoisotopic (exact) mass is 305 g/mol. The summed E-state index contributed by atoms with van der Waals surface area (Å²) in [5.74, 6) is -0.106. The van der Waals surface area contributed by atoms with Crippen LogP contribution >= 0.6 is 23.1 Å². The minimum absolute atomic E-state index is 0.412. The number of hydrogen-bond donors (Lipinski definition) is 1. The van der Waals surface area contributed by atoms with Crippen molar-refractivity contribution >= 4 is 29.1 Å². The van der Waals surface area contributed by atoms with Crippen molar-refractivity contribution in [3.63, 3.8) is 0 Å². The van der Waals surface area contributed by atoms with E-state index in [1.807, 2.05) is 11.8 Å². The Bertz CT molecular complexity index is 634. The van der Waals surface area contributed by atoms with E-state index in [9.17, 15) is 9.90 Å². The molecule has 0 saturated heterocycles. The third kappa shape index (κ3) is 2.47. The molecule has 0 spiro atoms. The lowest BCUT2D eigenvalue weighted by Crippen LogP contribution is -2.08. The average molecular weight is 305 g/mol. The summed E-state index contributed by atoms with van der Waals surface area (Å²) < 4.78 is 0. The lowest BCUT2D eigenvalue weighted by Gasteiger charge is -2.02. The van der Waals surface area contributed by atoms with Crippen LogP contribution in [0.3, 0.4) is 0 Å². The standard InChI is InChI=1S/C15H15NO2S2/c1-2-19-10-5-3-9(4-6-10)14-16-13-11(15(17)18)7-8-12(13)20-14/h3-6,11H,2,7-8H2,1H3,(H,17,18). The highest BCUT2D eigenvalue weighted by Crippen LogP contribution is 2.40. The van der Waals surface area contributed by atoms with E-state index in [4.69, 9.17) is 0 Å². The Hall–Kier alpha value is -1.33. The van der Waals surface area contributed by atoms with Gasteiger partial charge < -0.3 is 5.11 Å². The van der Waals surface area contributed by atoms with Gasteiger partial charge in [0.2, 0.25) is 0 Å². The zero-order chi connectivity index (χ0) is 14.1. The number of nitrogens with zero attached hydrogens (tertiary/aromatic N) is 1. The Labute approximate surface area is 126 Å². The smallest absolute Gasteiger partial charge is 0.312 e. The van der Waals surface area contributed by atoms with Gasteiger partial charge in [-0.3, -0.25) is 4.79 Å². The second-order valence-electron chi connectivity index (χ2n) is 4.71. The summed E-state index contributed by atoms with van der Waals surface area (Å²) in [5, 5.41) is 10.1. The summed E-state index contributed by atoms with van der Waals surface area (Å²) in [7, 11) is 0. The molecule has 0 radical (unpaired) electrons. The molecular formula is C15H15NO2S2. The van der Waals surface area contributed by atoms with Gasteiger partial charge in [0.25, 0.3) is 0 Å². The number of carbonyl (C=O) groups is 1. The molecule has 2 aromatic rings. The molecule has 0 bridgehead atoms. The van der Waals surface area contributed by atoms with Crippen molar-refractivity contribution in [3.05, 3.63) is 34.8 Å². The van der Waals surface area contributed by atoms with Crippen LogP contribution in [0.1, 0.15) is 29.8 Å². The van der Waals surface area contributed by atoms with Crippen molar-refractivity contribution in [1.82, 2.24) is 4.98 Å². The average Bonchev–Trinajstić information content (AvgIpc) is 2.99. The van der Waals surface area contributed by atoms with Crippen molar-refractivity contribution in [2.45, 2.75) is 30.6 Å². The molecule has 0 saturated carbocycles. The molecule has 0 fully saturated rings. The lowest BCUT2D eigenvalue weighted by molar-refractivity contribution is -0.138. The third-order valence-corrected chi connectivity index (χ3v) is 5.50. The number of aromatic nitrogens is 1. The molecule has 1 N–H and O–H groups in total. The summed E-state index contributed by atoms with van der Waals surface area (Å²) in [6, 6.07) is 8.35. The zero-order valence-corrected chi connectivity index (χ0v) is 12.8. The lowest BCUT2D eigenvalue weighted by atomic mass is 10.1. The van der Waals surface area contributed by atoms with E-state index in [1.165, 1.54) is 4.90 Å². The second kappa shape index (κ2) is 5.58. The Balaban J connectivity index is 1.89. The SMILES string of the molecule is CCSc1ccc(-c2nc3c(s2)CCC3C(=O)O)cc1. The molecule has 104 valence electrons. The van der Waals surface area contributed by atoms with Crippen LogP contribution in [0.2, 0.25) is 0 Å². The summed E-state index contributed by atoms with van der Waals surface area (Å²) in [5.41, 5.74) is 1.86. The quantitative estimate of drug-likeness (QED) is 0.866. The number of carboxylic acids is 1. The van der Waals surface area contributed by atoms with Gasteiger partial charge in [-0.15, -0.1) is 23.1 Å². The molecule has 20 heavy (non-hydrogen) atoms. The van der Waals surface area contributed by atoms with Crippen molar-refractivity contribution in [1.29, 1.82) is 0 Å². The minimum Gasteiger partial charge on any atom is -0.481 e. The predicted octanol–water partition coefficient (Wildman–Crippen LogP) is 4.04. The molecule has 3 rings (SSSR count). The maximum Gasteiger partial charge on any atom is 0.312 e. The number of aryl methyl sites for hydroxylation is 1. The van der Waals surface area contributed by atoms with Gasteiger partial charge in [-0.2, -0.15) is 0 Å². The first-order chi connectivity index (χ1) is 9.69. The molecule has 1 aromatic carbocycles. The number of thioether (sulfide) groups is 1. The topological polar surface area (TPSA) is 50.2 Å². The molecule has 1 aliphatic carbocycles. The number of thiazole rings is 1. The summed E-state index contributed by atoms with van der Waals surface area (Å²) in [6.45, 7) is 2.13. The van der Waals surface area contributed by atoms with Gasteiger partial charge in [-0.05, 0) is 30.7 Å². The molecule has 1 atom stereocenters. The number of benzene rings is 1. The van der Waals surface area contributed by atoms with Crippen LogP contribution in [0.25, 0.3) is 10.6 Å². The van der Waals surface area contributed by atoms with Crippen LogP contribution in [-0.4, -0.2) is 21.8 Å². The number of rotatable bonds is 4. The highest BCUT2D eigenvalue weighted by atomic mass is 32.2. The Morgan fingerprint density at radius 2 is 2.20 bits per heavy atom. The summed E-state index contributed by atoms with van der Waals surface area (Å²) in [4.78, 5) is 18.2. The van der Waals surface area contributed by atoms with Crippen molar-refractivity contribution < 1.29 is 9.90 Å². The van der Waals surface area contributed by atoms with Crippen LogP contribution in [0, 0.1) is 0 Å². The first-order valence-corrected chi connectivity index (χ1v) is 8.45.